The summed E-state index contributed by atoms with van der Waals surface area (Å²) >= 11 is 0. The molecule has 2 saturated heterocycles. The maximum absolute atomic E-state index is 12.7. The number of nitrogens with one attached hydrogen (secondary N) is 1. The molecule has 2 aliphatic rings. The van der Waals surface area contributed by atoms with Gasteiger partial charge in [-0.15, -0.1) is 0 Å². The van der Waals surface area contributed by atoms with Crippen molar-refractivity contribution in [1.29, 1.82) is 0 Å². The van der Waals surface area contributed by atoms with Gasteiger partial charge in [0.1, 0.15) is 0 Å². The molecule has 0 aliphatic carbocycles. The van der Waals surface area contributed by atoms with Crippen LogP contribution in [0.2, 0.25) is 0 Å². The maximum atomic E-state index is 12.7. The van der Waals surface area contributed by atoms with Crippen LogP contribution >= 0.6 is 0 Å². The topological polar surface area (TPSA) is 35.6 Å². The second kappa shape index (κ2) is 6.23. The Morgan fingerprint density at radius 1 is 1.16 bits per heavy atom. The van der Waals surface area contributed by atoms with Gasteiger partial charge in [0.05, 0.1) is 5.41 Å². The average molecular weight is 267 g/mol. The van der Waals surface area contributed by atoms with Crippen molar-refractivity contribution in [1.82, 2.24) is 15.1 Å². The van der Waals surface area contributed by atoms with Crippen LogP contribution in [-0.4, -0.2) is 61.5 Å². The summed E-state index contributed by atoms with van der Waals surface area (Å²) in [6.07, 6.45) is 2.32. The number of carbonyl (C=O) groups is 1. The minimum absolute atomic E-state index is 0.252. The molecule has 0 spiro atoms. The Bertz CT molecular complexity index is 303. The van der Waals surface area contributed by atoms with Gasteiger partial charge in [0.25, 0.3) is 0 Å². The van der Waals surface area contributed by atoms with Crippen LogP contribution in [0.3, 0.4) is 0 Å². The normalized spacial score (nSPS) is 23.6. The summed E-state index contributed by atoms with van der Waals surface area (Å²) in [4.78, 5) is 17.2. The monoisotopic (exact) mass is 267 g/mol. The predicted molar refractivity (Wildman–Crippen MR) is 78.1 cm³/mol. The van der Waals surface area contributed by atoms with Gasteiger partial charge >= 0.3 is 0 Å². The van der Waals surface area contributed by atoms with Gasteiger partial charge in [-0.25, -0.2) is 0 Å². The van der Waals surface area contributed by atoms with Crippen molar-refractivity contribution in [3.8, 4) is 0 Å². The molecule has 0 bridgehead atoms. The highest BCUT2D eigenvalue weighted by Gasteiger charge is 2.35. The van der Waals surface area contributed by atoms with Crippen LogP contribution < -0.4 is 5.32 Å². The zero-order valence-electron chi connectivity index (χ0n) is 12.7. The first-order valence-corrected chi connectivity index (χ1v) is 7.71. The van der Waals surface area contributed by atoms with Crippen molar-refractivity contribution < 1.29 is 4.79 Å². The van der Waals surface area contributed by atoms with Crippen molar-refractivity contribution in [3.05, 3.63) is 0 Å². The Hall–Kier alpha value is -0.610. The maximum Gasteiger partial charge on any atom is 0.229 e. The van der Waals surface area contributed by atoms with Gasteiger partial charge in [-0.2, -0.15) is 0 Å². The second-order valence-corrected chi connectivity index (χ2v) is 6.88. The number of rotatable bonds is 3. The van der Waals surface area contributed by atoms with E-state index in [4.69, 9.17) is 0 Å². The highest BCUT2D eigenvalue weighted by Crippen LogP contribution is 2.25. The van der Waals surface area contributed by atoms with Crippen LogP contribution in [0.5, 0.6) is 0 Å². The molecule has 2 rings (SSSR count). The van der Waals surface area contributed by atoms with E-state index in [-0.39, 0.29) is 5.41 Å². The van der Waals surface area contributed by atoms with E-state index < -0.39 is 0 Å². The number of hydrogen-bond donors (Lipinski definition) is 1. The molecule has 0 saturated carbocycles. The molecule has 2 heterocycles. The second-order valence-electron chi connectivity index (χ2n) is 6.88. The van der Waals surface area contributed by atoms with Crippen molar-refractivity contribution >= 4 is 5.91 Å². The smallest absolute Gasteiger partial charge is 0.229 e. The first-order chi connectivity index (χ1) is 8.99. The summed E-state index contributed by atoms with van der Waals surface area (Å²) < 4.78 is 0. The molecule has 1 N–H and O–H groups in total. The lowest BCUT2D eigenvalue weighted by molar-refractivity contribution is -0.142. The van der Waals surface area contributed by atoms with E-state index >= 15 is 0 Å². The van der Waals surface area contributed by atoms with Gasteiger partial charge in [-0.05, 0) is 32.6 Å². The van der Waals surface area contributed by atoms with Gasteiger partial charge in [0.15, 0.2) is 0 Å². The van der Waals surface area contributed by atoms with Gasteiger partial charge in [-0.1, -0.05) is 6.92 Å². The molecule has 4 heteroatoms. The van der Waals surface area contributed by atoms with Crippen LogP contribution in [0.25, 0.3) is 0 Å². The summed E-state index contributed by atoms with van der Waals surface area (Å²) in [5.41, 5.74) is -0.252. The minimum atomic E-state index is -0.252. The molecule has 0 aromatic carbocycles. The summed E-state index contributed by atoms with van der Waals surface area (Å²) in [6, 6.07) is 0. The van der Waals surface area contributed by atoms with Gasteiger partial charge in [0, 0.05) is 45.8 Å². The fraction of sp³-hybridized carbons (Fsp3) is 0.933. The molecule has 4 nitrogen and oxygen atoms in total. The van der Waals surface area contributed by atoms with Crippen molar-refractivity contribution in [2.45, 2.75) is 33.6 Å². The number of likely N-dealkylation sites (tertiary alicyclic amines) is 1. The molecule has 2 fully saturated rings. The molecule has 0 aromatic rings. The minimum Gasteiger partial charge on any atom is -0.342 e. The number of nitrogens with zero attached hydrogens (tertiary/aromatic N) is 2. The molecule has 19 heavy (non-hydrogen) atoms. The quantitative estimate of drug-likeness (QED) is 0.834. The van der Waals surface area contributed by atoms with E-state index in [1.54, 1.807) is 0 Å². The fourth-order valence-electron chi connectivity index (χ4n) is 3.14. The zero-order valence-corrected chi connectivity index (χ0v) is 12.7. The highest BCUT2D eigenvalue weighted by atomic mass is 16.2. The molecule has 110 valence electrons. The number of piperazine rings is 1. The molecule has 0 radical (unpaired) electrons. The third-order valence-electron chi connectivity index (χ3n) is 4.48. The fourth-order valence-corrected chi connectivity index (χ4v) is 3.14. The standard InChI is InChI=1S/C15H29N3O/c1-13-4-8-18(9-5-13)14(19)15(2,3)12-17-10-6-16-7-11-17/h13,16H,4-12H2,1-3H3. The van der Waals surface area contributed by atoms with Crippen molar-refractivity contribution in [3.63, 3.8) is 0 Å². The number of amides is 1. The van der Waals surface area contributed by atoms with Crippen LogP contribution in [0.4, 0.5) is 0 Å². The SMILES string of the molecule is CC1CCN(C(=O)C(C)(C)CN2CCNCC2)CC1. The Labute approximate surface area is 117 Å². The van der Waals surface area contributed by atoms with Crippen molar-refractivity contribution in [2.24, 2.45) is 11.3 Å². The highest BCUT2D eigenvalue weighted by molar-refractivity contribution is 5.82. The van der Waals surface area contributed by atoms with Crippen LogP contribution in [0.1, 0.15) is 33.6 Å². The average Bonchev–Trinajstić information content (AvgIpc) is 2.39. The van der Waals surface area contributed by atoms with E-state index in [1.165, 1.54) is 0 Å². The molecule has 2 aliphatic heterocycles. The number of piperidine rings is 1. The van der Waals surface area contributed by atoms with E-state index in [2.05, 4.69) is 35.9 Å². The van der Waals surface area contributed by atoms with Gasteiger partial charge < -0.3 is 10.2 Å². The summed E-state index contributed by atoms with van der Waals surface area (Å²) in [5.74, 6) is 1.12. The Morgan fingerprint density at radius 3 is 2.32 bits per heavy atom. The molecular formula is C15H29N3O. The number of hydrogen-bond acceptors (Lipinski definition) is 3. The zero-order chi connectivity index (χ0) is 13.9. The first-order valence-electron chi connectivity index (χ1n) is 7.71. The predicted octanol–water partition coefficient (Wildman–Crippen LogP) is 1.18. The van der Waals surface area contributed by atoms with Crippen LogP contribution in [-0.2, 0) is 4.79 Å². The molecule has 1 amide bonds. The largest absolute Gasteiger partial charge is 0.342 e. The van der Waals surface area contributed by atoms with E-state index in [1.807, 2.05) is 0 Å². The first kappa shape index (κ1) is 14.8. The van der Waals surface area contributed by atoms with Crippen molar-refractivity contribution in [2.75, 3.05) is 45.8 Å². The summed E-state index contributed by atoms with van der Waals surface area (Å²) in [5, 5.41) is 3.36. The third-order valence-corrected chi connectivity index (χ3v) is 4.48. The lowest BCUT2D eigenvalue weighted by atomic mass is 9.88. The Morgan fingerprint density at radius 2 is 1.74 bits per heavy atom. The van der Waals surface area contributed by atoms with E-state index in [0.29, 0.717) is 5.91 Å². The Balaban J connectivity index is 1.88. The molecule has 0 aromatic heterocycles. The van der Waals surface area contributed by atoms with Gasteiger partial charge in [-0.3, -0.25) is 9.69 Å². The van der Waals surface area contributed by atoms with E-state index in [9.17, 15) is 4.79 Å². The number of carbonyl (C=O) groups excluding carboxylic acids is 1. The Kier molecular flexibility index (Phi) is 4.85. The van der Waals surface area contributed by atoms with Gasteiger partial charge in [0.2, 0.25) is 5.91 Å². The van der Waals surface area contributed by atoms with E-state index in [0.717, 1.165) is 64.6 Å². The lowest BCUT2D eigenvalue weighted by Crippen LogP contribution is -2.52. The summed E-state index contributed by atoms with van der Waals surface area (Å²) in [7, 11) is 0. The molecule has 0 atom stereocenters. The third kappa shape index (κ3) is 3.93. The van der Waals surface area contributed by atoms with Crippen LogP contribution in [0.15, 0.2) is 0 Å². The molecular weight excluding hydrogens is 238 g/mol. The summed E-state index contributed by atoms with van der Waals surface area (Å²) in [6.45, 7) is 13.5. The molecule has 0 unspecified atom stereocenters. The van der Waals surface area contributed by atoms with Crippen LogP contribution in [0, 0.1) is 11.3 Å². The lowest BCUT2D eigenvalue weighted by Gasteiger charge is -2.39.